The monoisotopic (exact) mass is 225 g/mol. The minimum Gasteiger partial charge on any atom is -0.340 e. The molecule has 2 aliphatic rings. The van der Waals surface area contributed by atoms with Gasteiger partial charge in [-0.25, -0.2) is 0 Å². The number of likely N-dealkylation sites (tertiary alicyclic amines) is 1. The van der Waals surface area contributed by atoms with E-state index in [1.54, 1.807) is 0 Å². The van der Waals surface area contributed by atoms with E-state index in [9.17, 15) is 4.79 Å². The molecule has 0 aromatic heterocycles. The van der Waals surface area contributed by atoms with Crippen molar-refractivity contribution in [1.82, 2.24) is 15.1 Å². The van der Waals surface area contributed by atoms with E-state index in [4.69, 9.17) is 0 Å². The Morgan fingerprint density at radius 2 is 2.06 bits per heavy atom. The van der Waals surface area contributed by atoms with Crippen LogP contribution in [0.15, 0.2) is 0 Å². The summed E-state index contributed by atoms with van der Waals surface area (Å²) in [5.41, 5.74) is 0. The van der Waals surface area contributed by atoms with E-state index in [2.05, 4.69) is 17.1 Å². The Hall–Kier alpha value is -0.610. The van der Waals surface area contributed by atoms with Crippen molar-refractivity contribution in [2.75, 3.05) is 45.8 Å². The van der Waals surface area contributed by atoms with Crippen molar-refractivity contribution in [3.05, 3.63) is 0 Å². The van der Waals surface area contributed by atoms with Gasteiger partial charge in [-0.15, -0.1) is 0 Å². The number of rotatable bonds is 3. The van der Waals surface area contributed by atoms with Crippen molar-refractivity contribution in [3.8, 4) is 0 Å². The number of amides is 1. The number of nitrogens with zero attached hydrogens (tertiary/aromatic N) is 2. The molecule has 0 bridgehead atoms. The van der Waals surface area contributed by atoms with Gasteiger partial charge in [-0.3, -0.25) is 4.79 Å². The predicted octanol–water partition coefficient (Wildman–Crippen LogP) is 0.150. The highest BCUT2D eigenvalue weighted by Gasteiger charge is 2.24. The molecular weight excluding hydrogens is 202 g/mol. The predicted molar refractivity (Wildman–Crippen MR) is 64.3 cm³/mol. The molecule has 0 saturated carbocycles. The number of piperidine rings is 1. The van der Waals surface area contributed by atoms with Gasteiger partial charge in [0, 0.05) is 19.6 Å². The SMILES string of the molecule is CCN1CCC(CN2CCNCC2=O)CC1. The molecule has 0 atom stereocenters. The Kier molecular flexibility index (Phi) is 4.18. The van der Waals surface area contributed by atoms with Gasteiger partial charge in [-0.05, 0) is 38.4 Å². The Balaban J connectivity index is 1.75. The maximum absolute atomic E-state index is 11.6. The fraction of sp³-hybridized carbons (Fsp3) is 0.917. The molecule has 0 aliphatic carbocycles. The van der Waals surface area contributed by atoms with Crippen LogP contribution in [-0.2, 0) is 4.79 Å². The zero-order chi connectivity index (χ0) is 11.4. The maximum Gasteiger partial charge on any atom is 0.236 e. The van der Waals surface area contributed by atoms with Crippen LogP contribution in [0.3, 0.4) is 0 Å². The van der Waals surface area contributed by atoms with Crippen molar-refractivity contribution < 1.29 is 4.79 Å². The van der Waals surface area contributed by atoms with Crippen LogP contribution in [0.5, 0.6) is 0 Å². The topological polar surface area (TPSA) is 35.6 Å². The van der Waals surface area contributed by atoms with E-state index in [0.717, 1.165) is 25.6 Å². The number of carbonyl (C=O) groups is 1. The van der Waals surface area contributed by atoms with Gasteiger partial charge in [0.2, 0.25) is 5.91 Å². The molecular formula is C12H23N3O. The highest BCUT2D eigenvalue weighted by molar-refractivity contribution is 5.78. The fourth-order valence-corrected chi connectivity index (χ4v) is 2.64. The lowest BCUT2D eigenvalue weighted by Gasteiger charge is -2.35. The minimum atomic E-state index is 0.282. The molecule has 2 heterocycles. The molecule has 0 unspecified atom stereocenters. The van der Waals surface area contributed by atoms with Crippen molar-refractivity contribution in [1.29, 1.82) is 0 Å². The zero-order valence-corrected chi connectivity index (χ0v) is 10.2. The first kappa shape index (κ1) is 11.9. The second-order valence-electron chi connectivity index (χ2n) is 4.89. The average molecular weight is 225 g/mol. The smallest absolute Gasteiger partial charge is 0.236 e. The molecule has 1 N–H and O–H groups in total. The average Bonchev–Trinajstić information content (AvgIpc) is 2.33. The molecule has 2 saturated heterocycles. The standard InChI is InChI=1S/C12H23N3O/c1-2-14-6-3-11(4-7-14)10-15-8-5-13-9-12(15)16/h11,13H,2-10H2,1H3. The molecule has 1 amide bonds. The zero-order valence-electron chi connectivity index (χ0n) is 10.2. The molecule has 2 aliphatic heterocycles. The summed E-state index contributed by atoms with van der Waals surface area (Å²) in [6.07, 6.45) is 2.51. The van der Waals surface area contributed by atoms with Crippen LogP contribution in [0.2, 0.25) is 0 Å². The van der Waals surface area contributed by atoms with Crippen molar-refractivity contribution in [2.24, 2.45) is 5.92 Å². The van der Waals surface area contributed by atoms with Gasteiger partial charge in [-0.2, -0.15) is 0 Å². The molecule has 92 valence electrons. The fourth-order valence-electron chi connectivity index (χ4n) is 2.64. The lowest BCUT2D eigenvalue weighted by atomic mass is 9.96. The summed E-state index contributed by atoms with van der Waals surface area (Å²) >= 11 is 0. The van der Waals surface area contributed by atoms with E-state index in [0.29, 0.717) is 6.54 Å². The molecule has 0 aromatic rings. The van der Waals surface area contributed by atoms with Gasteiger partial charge in [0.1, 0.15) is 0 Å². The summed E-state index contributed by atoms with van der Waals surface area (Å²) in [6, 6.07) is 0. The second-order valence-corrected chi connectivity index (χ2v) is 4.89. The van der Waals surface area contributed by atoms with Gasteiger partial charge in [0.25, 0.3) is 0 Å². The van der Waals surface area contributed by atoms with Crippen molar-refractivity contribution >= 4 is 5.91 Å². The van der Waals surface area contributed by atoms with Gasteiger partial charge >= 0.3 is 0 Å². The summed E-state index contributed by atoms with van der Waals surface area (Å²) < 4.78 is 0. The van der Waals surface area contributed by atoms with Crippen molar-refractivity contribution in [2.45, 2.75) is 19.8 Å². The van der Waals surface area contributed by atoms with Crippen LogP contribution in [0.25, 0.3) is 0 Å². The van der Waals surface area contributed by atoms with E-state index in [1.165, 1.54) is 32.5 Å². The Morgan fingerprint density at radius 1 is 1.31 bits per heavy atom. The Bertz CT molecular complexity index is 236. The van der Waals surface area contributed by atoms with Gasteiger partial charge in [0.05, 0.1) is 6.54 Å². The van der Waals surface area contributed by atoms with Crippen LogP contribution in [0.4, 0.5) is 0 Å². The molecule has 0 spiro atoms. The Labute approximate surface area is 98.0 Å². The molecule has 2 rings (SSSR count). The van der Waals surface area contributed by atoms with E-state index < -0.39 is 0 Å². The third kappa shape index (κ3) is 2.95. The number of nitrogens with one attached hydrogen (secondary N) is 1. The summed E-state index contributed by atoms with van der Waals surface area (Å²) in [7, 11) is 0. The summed E-state index contributed by atoms with van der Waals surface area (Å²) in [4.78, 5) is 16.2. The van der Waals surface area contributed by atoms with Gasteiger partial charge < -0.3 is 15.1 Å². The third-order valence-corrected chi connectivity index (χ3v) is 3.82. The number of carbonyl (C=O) groups excluding carboxylic acids is 1. The van der Waals surface area contributed by atoms with Crippen LogP contribution in [-0.4, -0.2) is 61.5 Å². The highest BCUT2D eigenvalue weighted by atomic mass is 16.2. The third-order valence-electron chi connectivity index (χ3n) is 3.82. The van der Waals surface area contributed by atoms with Gasteiger partial charge in [0.15, 0.2) is 0 Å². The van der Waals surface area contributed by atoms with Crippen LogP contribution in [0, 0.1) is 5.92 Å². The minimum absolute atomic E-state index is 0.282. The van der Waals surface area contributed by atoms with E-state index in [1.807, 2.05) is 4.90 Å². The maximum atomic E-state index is 11.6. The lowest BCUT2D eigenvalue weighted by molar-refractivity contribution is -0.132. The summed E-state index contributed by atoms with van der Waals surface area (Å²) in [5.74, 6) is 1.01. The number of hydrogen-bond donors (Lipinski definition) is 1. The van der Waals surface area contributed by atoms with E-state index in [-0.39, 0.29) is 5.91 Å². The van der Waals surface area contributed by atoms with Crippen LogP contribution >= 0.6 is 0 Å². The lowest BCUT2D eigenvalue weighted by Crippen LogP contribution is -2.50. The van der Waals surface area contributed by atoms with E-state index >= 15 is 0 Å². The first-order chi connectivity index (χ1) is 7.79. The molecule has 16 heavy (non-hydrogen) atoms. The van der Waals surface area contributed by atoms with Crippen LogP contribution in [0.1, 0.15) is 19.8 Å². The van der Waals surface area contributed by atoms with Crippen molar-refractivity contribution in [3.63, 3.8) is 0 Å². The largest absolute Gasteiger partial charge is 0.340 e. The normalized spacial score (nSPS) is 25.1. The molecule has 4 heteroatoms. The second kappa shape index (κ2) is 5.64. The quantitative estimate of drug-likeness (QED) is 0.743. The van der Waals surface area contributed by atoms with Gasteiger partial charge in [-0.1, -0.05) is 6.92 Å². The van der Waals surface area contributed by atoms with Crippen LogP contribution < -0.4 is 5.32 Å². The Morgan fingerprint density at radius 3 is 2.69 bits per heavy atom. The molecule has 4 nitrogen and oxygen atoms in total. The molecule has 0 aromatic carbocycles. The number of hydrogen-bond acceptors (Lipinski definition) is 3. The summed E-state index contributed by atoms with van der Waals surface area (Å²) in [6.45, 7) is 9.18. The summed E-state index contributed by atoms with van der Waals surface area (Å²) in [5, 5.41) is 3.12. The molecule has 2 fully saturated rings. The molecule has 0 radical (unpaired) electrons. The number of piperazine rings is 1. The highest BCUT2D eigenvalue weighted by Crippen LogP contribution is 2.18. The first-order valence-corrected chi connectivity index (χ1v) is 6.50. The first-order valence-electron chi connectivity index (χ1n) is 6.50.